The molecule has 0 spiro atoms. The second kappa shape index (κ2) is 5.08. The van der Waals surface area contributed by atoms with E-state index in [1.165, 1.54) is 0 Å². The fourth-order valence-electron chi connectivity index (χ4n) is 1.20. The minimum absolute atomic E-state index is 0.00775. The molecule has 0 aliphatic heterocycles. The van der Waals surface area contributed by atoms with E-state index in [0.29, 0.717) is 23.9 Å². The maximum absolute atomic E-state index is 9.54. The van der Waals surface area contributed by atoms with Gasteiger partial charge in [-0.05, 0) is 31.7 Å². The van der Waals surface area contributed by atoms with Crippen molar-refractivity contribution in [2.75, 3.05) is 13.7 Å². The van der Waals surface area contributed by atoms with Gasteiger partial charge in [-0.1, -0.05) is 11.6 Å². The summed E-state index contributed by atoms with van der Waals surface area (Å²) in [6, 6.07) is 3.50. The van der Waals surface area contributed by atoms with Gasteiger partial charge in [-0.15, -0.1) is 0 Å². The number of nitrogens with one attached hydrogen (secondary N) is 1. The van der Waals surface area contributed by atoms with Gasteiger partial charge in [0.15, 0.2) is 11.5 Å². The van der Waals surface area contributed by atoms with Gasteiger partial charge in [-0.3, -0.25) is 0 Å². The SMILES string of the molecule is CCOc1cc(CNC)cc(Cl)c1O. The summed E-state index contributed by atoms with van der Waals surface area (Å²) in [6.45, 7) is 3.06. The van der Waals surface area contributed by atoms with Crippen LogP contribution in [-0.4, -0.2) is 18.8 Å². The smallest absolute Gasteiger partial charge is 0.176 e. The first kappa shape index (κ1) is 11.1. The Morgan fingerprint density at radius 2 is 2.21 bits per heavy atom. The van der Waals surface area contributed by atoms with Crippen LogP contribution in [-0.2, 0) is 6.54 Å². The number of hydrogen-bond donors (Lipinski definition) is 2. The molecule has 0 heterocycles. The molecule has 78 valence electrons. The summed E-state index contributed by atoms with van der Waals surface area (Å²) in [6.07, 6.45) is 0. The molecule has 0 atom stereocenters. The first-order valence-electron chi connectivity index (χ1n) is 4.47. The Bertz CT molecular complexity index is 315. The highest BCUT2D eigenvalue weighted by molar-refractivity contribution is 6.32. The molecule has 4 heteroatoms. The van der Waals surface area contributed by atoms with Crippen LogP contribution in [0.4, 0.5) is 0 Å². The number of ether oxygens (including phenoxy) is 1. The third kappa shape index (κ3) is 2.53. The van der Waals surface area contributed by atoms with Crippen LogP contribution in [0.25, 0.3) is 0 Å². The van der Waals surface area contributed by atoms with Gasteiger partial charge in [0, 0.05) is 6.54 Å². The number of rotatable bonds is 4. The van der Waals surface area contributed by atoms with E-state index in [1.54, 1.807) is 12.1 Å². The zero-order valence-electron chi connectivity index (χ0n) is 8.30. The third-order valence-corrected chi connectivity index (χ3v) is 2.06. The summed E-state index contributed by atoms with van der Waals surface area (Å²) in [7, 11) is 1.85. The van der Waals surface area contributed by atoms with Crippen molar-refractivity contribution in [2.45, 2.75) is 13.5 Å². The van der Waals surface area contributed by atoms with Crippen LogP contribution in [0.1, 0.15) is 12.5 Å². The second-order valence-electron chi connectivity index (χ2n) is 2.89. The topological polar surface area (TPSA) is 41.5 Å². The molecule has 0 aromatic heterocycles. The Morgan fingerprint density at radius 1 is 1.50 bits per heavy atom. The van der Waals surface area contributed by atoms with Crippen molar-refractivity contribution in [3.8, 4) is 11.5 Å². The summed E-state index contributed by atoms with van der Waals surface area (Å²) in [4.78, 5) is 0. The average Bonchev–Trinajstić information content (AvgIpc) is 2.14. The van der Waals surface area contributed by atoms with Gasteiger partial charge in [-0.25, -0.2) is 0 Å². The Morgan fingerprint density at radius 3 is 2.79 bits per heavy atom. The van der Waals surface area contributed by atoms with E-state index in [-0.39, 0.29) is 5.75 Å². The predicted molar refractivity (Wildman–Crippen MR) is 57.0 cm³/mol. The van der Waals surface area contributed by atoms with Gasteiger partial charge in [0.1, 0.15) is 0 Å². The Balaban J connectivity index is 3.01. The fraction of sp³-hybridized carbons (Fsp3) is 0.400. The Hall–Kier alpha value is -0.930. The number of benzene rings is 1. The Labute approximate surface area is 88.7 Å². The molecule has 2 N–H and O–H groups in total. The molecule has 0 radical (unpaired) electrons. The van der Waals surface area contributed by atoms with E-state index in [2.05, 4.69) is 5.32 Å². The lowest BCUT2D eigenvalue weighted by Crippen LogP contribution is -2.05. The normalized spacial score (nSPS) is 10.2. The Kier molecular flexibility index (Phi) is 4.04. The molecule has 0 aliphatic rings. The highest BCUT2D eigenvalue weighted by atomic mass is 35.5. The van der Waals surface area contributed by atoms with Crippen LogP contribution < -0.4 is 10.1 Å². The molecule has 1 aromatic rings. The van der Waals surface area contributed by atoms with Crippen molar-refractivity contribution in [2.24, 2.45) is 0 Å². The van der Waals surface area contributed by atoms with Crippen LogP contribution in [0.3, 0.4) is 0 Å². The monoisotopic (exact) mass is 215 g/mol. The van der Waals surface area contributed by atoms with E-state index < -0.39 is 0 Å². The quantitative estimate of drug-likeness (QED) is 0.809. The summed E-state index contributed by atoms with van der Waals surface area (Å²) >= 11 is 5.83. The maximum Gasteiger partial charge on any atom is 0.176 e. The molecule has 0 fully saturated rings. The zero-order valence-corrected chi connectivity index (χ0v) is 9.06. The molecule has 1 aromatic carbocycles. The number of halogens is 1. The molecule has 3 nitrogen and oxygen atoms in total. The lowest BCUT2D eigenvalue weighted by Gasteiger charge is -2.09. The summed E-state index contributed by atoms with van der Waals surface area (Å²) < 4.78 is 5.24. The lowest BCUT2D eigenvalue weighted by atomic mass is 10.2. The molecule has 14 heavy (non-hydrogen) atoms. The van der Waals surface area contributed by atoms with E-state index in [4.69, 9.17) is 16.3 Å². The largest absolute Gasteiger partial charge is 0.503 e. The second-order valence-corrected chi connectivity index (χ2v) is 3.29. The van der Waals surface area contributed by atoms with Gasteiger partial charge in [0.25, 0.3) is 0 Å². The van der Waals surface area contributed by atoms with Crippen molar-refractivity contribution in [1.29, 1.82) is 0 Å². The predicted octanol–water partition coefficient (Wildman–Crippen LogP) is 2.16. The standard InChI is InChI=1S/C10H14ClNO2/c1-3-14-9-5-7(6-12-2)4-8(11)10(9)13/h4-5,12-13H,3,6H2,1-2H3. The first-order valence-corrected chi connectivity index (χ1v) is 4.85. The van der Waals surface area contributed by atoms with Crippen molar-refractivity contribution in [3.63, 3.8) is 0 Å². The van der Waals surface area contributed by atoms with Gasteiger partial charge >= 0.3 is 0 Å². The van der Waals surface area contributed by atoms with E-state index in [0.717, 1.165) is 5.56 Å². The molecular weight excluding hydrogens is 202 g/mol. The minimum atomic E-state index is 0.00775. The summed E-state index contributed by atoms with van der Waals surface area (Å²) in [5.41, 5.74) is 0.985. The van der Waals surface area contributed by atoms with Gasteiger partial charge in [0.05, 0.1) is 11.6 Å². The number of phenolic OH excluding ortho intramolecular Hbond substituents is 1. The molecule has 0 unspecified atom stereocenters. The van der Waals surface area contributed by atoms with Crippen molar-refractivity contribution in [3.05, 3.63) is 22.7 Å². The minimum Gasteiger partial charge on any atom is -0.503 e. The highest BCUT2D eigenvalue weighted by Crippen LogP contribution is 2.35. The molecule has 0 bridgehead atoms. The van der Waals surface area contributed by atoms with E-state index >= 15 is 0 Å². The number of hydrogen-bond acceptors (Lipinski definition) is 3. The van der Waals surface area contributed by atoms with Gasteiger partial charge < -0.3 is 15.2 Å². The molecule has 0 aliphatic carbocycles. The highest BCUT2D eigenvalue weighted by Gasteiger charge is 2.08. The fourth-order valence-corrected chi connectivity index (χ4v) is 1.43. The van der Waals surface area contributed by atoms with Crippen LogP contribution in [0.2, 0.25) is 5.02 Å². The average molecular weight is 216 g/mol. The van der Waals surface area contributed by atoms with Crippen molar-refractivity contribution >= 4 is 11.6 Å². The number of phenols is 1. The third-order valence-electron chi connectivity index (χ3n) is 1.77. The van der Waals surface area contributed by atoms with Gasteiger partial charge in [0.2, 0.25) is 0 Å². The molecule has 1 rings (SSSR count). The zero-order chi connectivity index (χ0) is 10.6. The van der Waals surface area contributed by atoms with E-state index in [1.807, 2.05) is 14.0 Å². The maximum atomic E-state index is 9.54. The van der Waals surface area contributed by atoms with E-state index in [9.17, 15) is 5.11 Å². The lowest BCUT2D eigenvalue weighted by molar-refractivity contribution is 0.318. The van der Waals surface area contributed by atoms with Crippen LogP contribution in [0.15, 0.2) is 12.1 Å². The van der Waals surface area contributed by atoms with Crippen LogP contribution in [0, 0.1) is 0 Å². The van der Waals surface area contributed by atoms with Crippen molar-refractivity contribution in [1.82, 2.24) is 5.32 Å². The molecular formula is C10H14ClNO2. The molecule has 0 saturated heterocycles. The summed E-state index contributed by atoms with van der Waals surface area (Å²) in [5, 5.41) is 12.9. The molecule has 0 amide bonds. The van der Waals surface area contributed by atoms with Crippen LogP contribution in [0.5, 0.6) is 11.5 Å². The van der Waals surface area contributed by atoms with Gasteiger partial charge in [-0.2, -0.15) is 0 Å². The van der Waals surface area contributed by atoms with Crippen LogP contribution >= 0.6 is 11.6 Å². The molecule has 0 saturated carbocycles. The first-order chi connectivity index (χ1) is 6.69. The number of aromatic hydroxyl groups is 1. The van der Waals surface area contributed by atoms with Crippen molar-refractivity contribution < 1.29 is 9.84 Å². The summed E-state index contributed by atoms with van der Waals surface area (Å²) in [5.74, 6) is 0.443.